The van der Waals surface area contributed by atoms with E-state index < -0.39 is 0 Å². The second kappa shape index (κ2) is 7.28. The smallest absolute Gasteiger partial charge is 0.0440 e. The SMILES string of the molecule is CCNCc1cnccc1N(C)CCC(C)C. The highest BCUT2D eigenvalue weighted by Gasteiger charge is 2.07. The Balaban J connectivity index is 2.67. The van der Waals surface area contributed by atoms with Crippen molar-refractivity contribution < 1.29 is 0 Å². The van der Waals surface area contributed by atoms with Crippen molar-refractivity contribution in [1.82, 2.24) is 10.3 Å². The van der Waals surface area contributed by atoms with Gasteiger partial charge in [0.2, 0.25) is 0 Å². The molecule has 1 aromatic rings. The molecule has 0 saturated heterocycles. The average molecular weight is 235 g/mol. The van der Waals surface area contributed by atoms with Gasteiger partial charge in [-0.25, -0.2) is 0 Å². The minimum atomic E-state index is 0.747. The number of hydrogen-bond acceptors (Lipinski definition) is 3. The van der Waals surface area contributed by atoms with Crippen LogP contribution < -0.4 is 10.2 Å². The van der Waals surface area contributed by atoms with E-state index in [-0.39, 0.29) is 0 Å². The summed E-state index contributed by atoms with van der Waals surface area (Å²) in [6, 6.07) is 2.10. The van der Waals surface area contributed by atoms with Crippen LogP contribution in [-0.2, 0) is 6.54 Å². The Morgan fingerprint density at radius 3 is 2.82 bits per heavy atom. The van der Waals surface area contributed by atoms with Crippen LogP contribution in [0.2, 0.25) is 0 Å². The Morgan fingerprint density at radius 1 is 1.41 bits per heavy atom. The predicted molar refractivity (Wildman–Crippen MR) is 74.3 cm³/mol. The zero-order valence-corrected chi connectivity index (χ0v) is 11.5. The maximum Gasteiger partial charge on any atom is 0.0440 e. The molecule has 96 valence electrons. The van der Waals surface area contributed by atoms with E-state index in [4.69, 9.17) is 0 Å². The molecule has 0 fully saturated rings. The fourth-order valence-corrected chi connectivity index (χ4v) is 1.76. The Hall–Kier alpha value is -1.09. The fraction of sp³-hybridized carbons (Fsp3) is 0.643. The van der Waals surface area contributed by atoms with Crippen molar-refractivity contribution in [3.05, 3.63) is 24.0 Å². The van der Waals surface area contributed by atoms with E-state index in [1.807, 2.05) is 12.4 Å². The number of anilines is 1. The molecule has 1 heterocycles. The van der Waals surface area contributed by atoms with Crippen LogP contribution >= 0.6 is 0 Å². The highest BCUT2D eigenvalue weighted by molar-refractivity contribution is 5.51. The molecule has 0 amide bonds. The average Bonchev–Trinajstić information content (AvgIpc) is 2.33. The second-order valence-electron chi connectivity index (χ2n) is 4.89. The van der Waals surface area contributed by atoms with Gasteiger partial charge in [-0.2, -0.15) is 0 Å². The Morgan fingerprint density at radius 2 is 2.18 bits per heavy atom. The van der Waals surface area contributed by atoms with Crippen molar-refractivity contribution in [3.63, 3.8) is 0 Å². The highest BCUT2D eigenvalue weighted by atomic mass is 15.1. The zero-order valence-electron chi connectivity index (χ0n) is 11.5. The minimum absolute atomic E-state index is 0.747. The molecule has 3 heteroatoms. The molecule has 0 aliphatic rings. The molecule has 1 aromatic heterocycles. The van der Waals surface area contributed by atoms with Gasteiger partial charge in [-0.15, -0.1) is 0 Å². The summed E-state index contributed by atoms with van der Waals surface area (Å²) >= 11 is 0. The van der Waals surface area contributed by atoms with Crippen LogP contribution in [0.1, 0.15) is 32.8 Å². The van der Waals surface area contributed by atoms with Crippen LogP contribution in [0.15, 0.2) is 18.5 Å². The number of rotatable bonds is 7. The van der Waals surface area contributed by atoms with Crippen LogP contribution in [0.5, 0.6) is 0 Å². The van der Waals surface area contributed by atoms with E-state index in [2.05, 4.69) is 49.1 Å². The van der Waals surface area contributed by atoms with Crippen LogP contribution in [-0.4, -0.2) is 25.1 Å². The molecule has 0 radical (unpaired) electrons. The number of aromatic nitrogens is 1. The molecule has 0 aromatic carbocycles. The molecule has 1 rings (SSSR count). The monoisotopic (exact) mass is 235 g/mol. The van der Waals surface area contributed by atoms with E-state index in [1.54, 1.807) is 0 Å². The van der Waals surface area contributed by atoms with Crippen LogP contribution in [0, 0.1) is 5.92 Å². The summed E-state index contributed by atoms with van der Waals surface area (Å²) < 4.78 is 0. The first-order valence-corrected chi connectivity index (χ1v) is 6.49. The number of hydrogen-bond donors (Lipinski definition) is 1. The van der Waals surface area contributed by atoms with Crippen LogP contribution in [0.4, 0.5) is 5.69 Å². The van der Waals surface area contributed by atoms with E-state index in [0.29, 0.717) is 0 Å². The molecular weight excluding hydrogens is 210 g/mol. The molecule has 0 bridgehead atoms. The molecule has 3 nitrogen and oxygen atoms in total. The van der Waals surface area contributed by atoms with E-state index >= 15 is 0 Å². The Kier molecular flexibility index (Phi) is 5.98. The Bertz CT molecular complexity index is 323. The largest absolute Gasteiger partial charge is 0.374 e. The van der Waals surface area contributed by atoms with Gasteiger partial charge in [0.25, 0.3) is 0 Å². The van der Waals surface area contributed by atoms with E-state index in [1.165, 1.54) is 17.7 Å². The summed E-state index contributed by atoms with van der Waals surface area (Å²) in [4.78, 5) is 6.54. The summed E-state index contributed by atoms with van der Waals surface area (Å²) in [5.41, 5.74) is 2.57. The maximum absolute atomic E-state index is 4.21. The molecular formula is C14H25N3. The lowest BCUT2D eigenvalue weighted by Crippen LogP contribution is -2.23. The first kappa shape index (κ1) is 14.0. The van der Waals surface area contributed by atoms with Gasteiger partial charge in [0.15, 0.2) is 0 Å². The highest BCUT2D eigenvalue weighted by Crippen LogP contribution is 2.18. The molecule has 0 atom stereocenters. The van der Waals surface area contributed by atoms with Crippen molar-refractivity contribution in [1.29, 1.82) is 0 Å². The third kappa shape index (κ3) is 4.73. The molecule has 0 saturated carbocycles. The zero-order chi connectivity index (χ0) is 12.7. The van der Waals surface area contributed by atoms with Crippen molar-refractivity contribution in [2.24, 2.45) is 5.92 Å². The number of nitrogens with zero attached hydrogens (tertiary/aromatic N) is 2. The van der Waals surface area contributed by atoms with Crippen molar-refractivity contribution >= 4 is 5.69 Å². The fourth-order valence-electron chi connectivity index (χ4n) is 1.76. The third-order valence-electron chi connectivity index (χ3n) is 2.90. The summed E-state index contributed by atoms with van der Waals surface area (Å²) in [5.74, 6) is 0.747. The van der Waals surface area contributed by atoms with Gasteiger partial charge in [0.05, 0.1) is 0 Å². The van der Waals surface area contributed by atoms with Crippen molar-refractivity contribution in [3.8, 4) is 0 Å². The quantitative estimate of drug-likeness (QED) is 0.787. The van der Waals surface area contributed by atoms with Gasteiger partial charge in [0.1, 0.15) is 0 Å². The summed E-state index contributed by atoms with van der Waals surface area (Å²) in [7, 11) is 2.16. The number of nitrogens with one attached hydrogen (secondary N) is 1. The Labute approximate surface area is 105 Å². The molecule has 1 N–H and O–H groups in total. The molecule has 0 aliphatic heterocycles. The molecule has 0 spiro atoms. The van der Waals surface area contributed by atoms with Crippen molar-refractivity contribution in [2.75, 3.05) is 25.0 Å². The first-order chi connectivity index (χ1) is 8.15. The van der Waals surface area contributed by atoms with Gasteiger partial charge in [-0.1, -0.05) is 20.8 Å². The molecule has 17 heavy (non-hydrogen) atoms. The topological polar surface area (TPSA) is 28.2 Å². The van der Waals surface area contributed by atoms with Gasteiger partial charge in [0, 0.05) is 43.8 Å². The molecule has 0 unspecified atom stereocenters. The third-order valence-corrected chi connectivity index (χ3v) is 2.90. The molecule has 0 aliphatic carbocycles. The lowest BCUT2D eigenvalue weighted by molar-refractivity contribution is 0.584. The summed E-state index contributed by atoms with van der Waals surface area (Å²) in [5, 5.41) is 3.36. The van der Waals surface area contributed by atoms with Crippen LogP contribution in [0.3, 0.4) is 0 Å². The van der Waals surface area contributed by atoms with Gasteiger partial charge < -0.3 is 10.2 Å². The second-order valence-corrected chi connectivity index (χ2v) is 4.89. The normalized spacial score (nSPS) is 10.9. The summed E-state index contributed by atoms with van der Waals surface area (Å²) in [6.07, 6.45) is 5.06. The van der Waals surface area contributed by atoms with Crippen molar-refractivity contribution in [2.45, 2.75) is 33.7 Å². The lowest BCUT2D eigenvalue weighted by Gasteiger charge is -2.23. The maximum atomic E-state index is 4.21. The lowest BCUT2D eigenvalue weighted by atomic mass is 10.1. The predicted octanol–water partition coefficient (Wildman–Crippen LogP) is 2.67. The van der Waals surface area contributed by atoms with E-state index in [0.717, 1.165) is 25.6 Å². The van der Waals surface area contributed by atoms with Crippen LogP contribution in [0.25, 0.3) is 0 Å². The minimum Gasteiger partial charge on any atom is -0.374 e. The first-order valence-electron chi connectivity index (χ1n) is 6.49. The standard InChI is InChI=1S/C14H25N3/c1-5-15-10-13-11-16-8-6-14(13)17(4)9-7-12(2)3/h6,8,11-12,15H,5,7,9-10H2,1-4H3. The summed E-state index contributed by atoms with van der Waals surface area (Å²) in [6.45, 7) is 9.63. The van der Waals surface area contributed by atoms with E-state index in [9.17, 15) is 0 Å². The van der Waals surface area contributed by atoms with Gasteiger partial charge in [-0.3, -0.25) is 4.98 Å². The number of pyridine rings is 1. The van der Waals surface area contributed by atoms with Gasteiger partial charge in [-0.05, 0) is 24.9 Å². The van der Waals surface area contributed by atoms with Gasteiger partial charge >= 0.3 is 0 Å².